The van der Waals surface area contributed by atoms with E-state index in [1.54, 1.807) is 11.3 Å². The standard InChI is InChI=1S/C13H20BrNO2S/c1-13(2,15-5-7-17-8-6-15)11(16)9-10-3-4-12(14)18-10/h3-4,11,16H,5-9H2,1-2H3. The number of rotatable bonds is 4. The highest BCUT2D eigenvalue weighted by Crippen LogP contribution is 2.27. The lowest BCUT2D eigenvalue weighted by molar-refractivity contribution is -0.0609. The summed E-state index contributed by atoms with van der Waals surface area (Å²) in [5.74, 6) is 0. The van der Waals surface area contributed by atoms with Crippen molar-refractivity contribution in [2.45, 2.75) is 31.9 Å². The predicted molar refractivity (Wildman–Crippen MR) is 78.2 cm³/mol. The molecule has 5 heteroatoms. The van der Waals surface area contributed by atoms with Crippen LogP contribution >= 0.6 is 27.3 Å². The van der Waals surface area contributed by atoms with E-state index in [1.807, 2.05) is 6.07 Å². The van der Waals surface area contributed by atoms with E-state index in [2.05, 4.69) is 40.7 Å². The molecule has 2 rings (SSSR count). The van der Waals surface area contributed by atoms with Crippen molar-refractivity contribution in [2.24, 2.45) is 0 Å². The van der Waals surface area contributed by atoms with E-state index in [1.165, 1.54) is 4.88 Å². The van der Waals surface area contributed by atoms with Gasteiger partial charge in [-0.2, -0.15) is 0 Å². The molecule has 0 radical (unpaired) electrons. The van der Waals surface area contributed by atoms with E-state index in [0.717, 1.165) is 30.1 Å². The summed E-state index contributed by atoms with van der Waals surface area (Å²) in [4.78, 5) is 3.54. The van der Waals surface area contributed by atoms with E-state index >= 15 is 0 Å². The Morgan fingerprint density at radius 2 is 2.11 bits per heavy atom. The minimum atomic E-state index is -0.360. The molecular weight excluding hydrogens is 314 g/mol. The van der Waals surface area contributed by atoms with Crippen molar-refractivity contribution in [3.05, 3.63) is 20.8 Å². The first-order chi connectivity index (χ1) is 8.50. The summed E-state index contributed by atoms with van der Waals surface area (Å²) < 4.78 is 6.49. The molecule has 1 aromatic rings. The zero-order chi connectivity index (χ0) is 13.2. The highest BCUT2D eigenvalue weighted by Gasteiger charge is 2.35. The van der Waals surface area contributed by atoms with E-state index in [9.17, 15) is 5.11 Å². The third kappa shape index (κ3) is 3.33. The molecule has 0 aliphatic carbocycles. The Morgan fingerprint density at radius 1 is 1.44 bits per heavy atom. The lowest BCUT2D eigenvalue weighted by Crippen LogP contribution is -2.56. The molecule has 1 aliphatic heterocycles. The maximum atomic E-state index is 10.5. The van der Waals surface area contributed by atoms with Gasteiger partial charge in [-0.3, -0.25) is 4.90 Å². The second-order valence-corrected chi connectivity index (χ2v) is 7.73. The lowest BCUT2D eigenvalue weighted by atomic mass is 9.91. The molecule has 1 aromatic heterocycles. The van der Waals surface area contributed by atoms with Gasteiger partial charge in [0.25, 0.3) is 0 Å². The molecule has 3 nitrogen and oxygen atoms in total. The van der Waals surface area contributed by atoms with Gasteiger partial charge in [0.1, 0.15) is 0 Å². The Hall–Kier alpha value is 0.0600. The number of thiophene rings is 1. The highest BCUT2D eigenvalue weighted by atomic mass is 79.9. The van der Waals surface area contributed by atoms with Crippen molar-refractivity contribution >= 4 is 27.3 Å². The van der Waals surface area contributed by atoms with Gasteiger partial charge in [0.05, 0.1) is 23.1 Å². The van der Waals surface area contributed by atoms with E-state index in [0.29, 0.717) is 6.42 Å². The molecule has 1 fully saturated rings. The molecule has 102 valence electrons. The number of ether oxygens (including phenoxy) is 1. The quantitative estimate of drug-likeness (QED) is 0.918. The van der Waals surface area contributed by atoms with Gasteiger partial charge in [-0.1, -0.05) is 0 Å². The second-order valence-electron chi connectivity index (χ2n) is 5.18. The van der Waals surface area contributed by atoms with Gasteiger partial charge < -0.3 is 9.84 Å². The maximum Gasteiger partial charge on any atom is 0.0766 e. The predicted octanol–water partition coefficient (Wildman–Crippen LogP) is 2.52. The van der Waals surface area contributed by atoms with E-state index in [4.69, 9.17) is 4.74 Å². The monoisotopic (exact) mass is 333 g/mol. The second kappa shape index (κ2) is 6.01. The van der Waals surface area contributed by atoms with Crippen molar-refractivity contribution < 1.29 is 9.84 Å². The molecule has 0 saturated carbocycles. The number of morpholine rings is 1. The summed E-state index contributed by atoms with van der Waals surface area (Å²) in [6.07, 6.45) is 0.349. The summed E-state index contributed by atoms with van der Waals surface area (Å²) in [5.41, 5.74) is -0.208. The van der Waals surface area contributed by atoms with Crippen LogP contribution in [0, 0.1) is 0 Å². The van der Waals surface area contributed by atoms with Crippen LogP contribution in [-0.4, -0.2) is 48.0 Å². The van der Waals surface area contributed by atoms with Crippen LogP contribution in [-0.2, 0) is 11.2 Å². The van der Waals surface area contributed by atoms with Crippen LogP contribution in [0.3, 0.4) is 0 Å². The first kappa shape index (κ1) is 14.5. The van der Waals surface area contributed by atoms with Crippen molar-refractivity contribution in [1.29, 1.82) is 0 Å². The van der Waals surface area contributed by atoms with E-state index in [-0.39, 0.29) is 11.6 Å². The molecule has 1 saturated heterocycles. The van der Waals surface area contributed by atoms with Gasteiger partial charge in [-0.15, -0.1) is 11.3 Å². The van der Waals surface area contributed by atoms with Gasteiger partial charge in [-0.25, -0.2) is 0 Å². The number of aliphatic hydroxyl groups excluding tert-OH is 1. The maximum absolute atomic E-state index is 10.5. The fourth-order valence-corrected chi connectivity index (χ4v) is 3.77. The summed E-state index contributed by atoms with van der Waals surface area (Å²) in [6.45, 7) is 7.56. The Labute approximate surface area is 121 Å². The molecule has 18 heavy (non-hydrogen) atoms. The van der Waals surface area contributed by atoms with Crippen molar-refractivity contribution in [1.82, 2.24) is 4.90 Å². The SMILES string of the molecule is CC(C)(C(O)Cc1ccc(Br)s1)N1CCOCC1. The number of hydrogen-bond acceptors (Lipinski definition) is 4. The minimum Gasteiger partial charge on any atom is -0.391 e. The fourth-order valence-electron chi connectivity index (χ4n) is 2.25. The lowest BCUT2D eigenvalue weighted by Gasteiger charge is -2.43. The molecule has 1 N–H and O–H groups in total. The van der Waals surface area contributed by atoms with Crippen molar-refractivity contribution in [3.63, 3.8) is 0 Å². The molecule has 0 aromatic carbocycles. The minimum absolute atomic E-state index is 0.208. The third-order valence-electron chi connectivity index (χ3n) is 3.66. The molecule has 0 amide bonds. The Balaban J connectivity index is 1.99. The summed E-state index contributed by atoms with van der Waals surface area (Å²) in [5, 5.41) is 10.5. The Bertz CT molecular complexity index is 388. The zero-order valence-corrected chi connectivity index (χ0v) is 13.3. The Kier molecular flexibility index (Phi) is 4.83. The summed E-state index contributed by atoms with van der Waals surface area (Å²) in [7, 11) is 0. The van der Waals surface area contributed by atoms with E-state index < -0.39 is 0 Å². The number of halogens is 1. The zero-order valence-electron chi connectivity index (χ0n) is 10.9. The Morgan fingerprint density at radius 3 is 2.67 bits per heavy atom. The van der Waals surface area contributed by atoms with Crippen LogP contribution in [0.2, 0.25) is 0 Å². The van der Waals surface area contributed by atoms with Crippen LogP contribution in [0.4, 0.5) is 0 Å². The van der Waals surface area contributed by atoms with Gasteiger partial charge in [0.15, 0.2) is 0 Å². The van der Waals surface area contributed by atoms with Gasteiger partial charge in [0, 0.05) is 29.9 Å². The van der Waals surface area contributed by atoms with Crippen LogP contribution in [0.1, 0.15) is 18.7 Å². The number of nitrogens with zero attached hydrogens (tertiary/aromatic N) is 1. The van der Waals surface area contributed by atoms with Crippen LogP contribution < -0.4 is 0 Å². The van der Waals surface area contributed by atoms with Gasteiger partial charge >= 0.3 is 0 Å². The third-order valence-corrected chi connectivity index (χ3v) is 5.31. The molecule has 0 bridgehead atoms. The van der Waals surface area contributed by atoms with Crippen molar-refractivity contribution in [2.75, 3.05) is 26.3 Å². The van der Waals surface area contributed by atoms with Crippen molar-refractivity contribution in [3.8, 4) is 0 Å². The number of hydrogen-bond donors (Lipinski definition) is 1. The largest absolute Gasteiger partial charge is 0.391 e. The topological polar surface area (TPSA) is 32.7 Å². The van der Waals surface area contributed by atoms with Crippen LogP contribution in [0.15, 0.2) is 15.9 Å². The average molecular weight is 334 g/mol. The molecule has 2 heterocycles. The summed E-state index contributed by atoms with van der Waals surface area (Å²) in [6, 6.07) is 4.11. The first-order valence-electron chi connectivity index (χ1n) is 6.25. The first-order valence-corrected chi connectivity index (χ1v) is 7.86. The smallest absolute Gasteiger partial charge is 0.0766 e. The normalized spacial score (nSPS) is 20.0. The fraction of sp³-hybridized carbons (Fsp3) is 0.692. The molecule has 0 spiro atoms. The highest BCUT2D eigenvalue weighted by molar-refractivity contribution is 9.11. The number of aliphatic hydroxyl groups is 1. The summed E-state index contributed by atoms with van der Waals surface area (Å²) >= 11 is 5.15. The average Bonchev–Trinajstić information content (AvgIpc) is 2.76. The van der Waals surface area contributed by atoms with Crippen LogP contribution in [0.25, 0.3) is 0 Å². The molecule has 1 aliphatic rings. The van der Waals surface area contributed by atoms with Gasteiger partial charge in [0.2, 0.25) is 0 Å². The van der Waals surface area contributed by atoms with Crippen LogP contribution in [0.5, 0.6) is 0 Å². The molecule has 1 atom stereocenters. The molecular formula is C13H20BrNO2S. The van der Waals surface area contributed by atoms with Gasteiger partial charge in [-0.05, 0) is 41.9 Å². The molecule has 1 unspecified atom stereocenters.